The normalized spacial score (nSPS) is 23.4. The van der Waals surface area contributed by atoms with Crippen molar-refractivity contribution in [3.05, 3.63) is 0 Å². The number of likely N-dealkylation sites (N-methyl/N-ethyl adjacent to an activating group) is 2. The highest BCUT2D eigenvalue weighted by Gasteiger charge is 2.32. The zero-order chi connectivity index (χ0) is 13.1. The molecule has 1 heterocycles. The number of rotatable bonds is 4. The minimum Gasteiger partial charge on any atom is -0.468 e. The largest absolute Gasteiger partial charge is 0.468 e. The highest BCUT2D eigenvalue weighted by molar-refractivity contribution is 5.75. The molecule has 1 aliphatic heterocycles. The van der Waals surface area contributed by atoms with Crippen LogP contribution in [-0.4, -0.2) is 74.7 Å². The maximum atomic E-state index is 11.5. The molecule has 1 N–H and O–H groups in total. The van der Waals surface area contributed by atoms with E-state index in [2.05, 4.69) is 36.0 Å². The summed E-state index contributed by atoms with van der Waals surface area (Å²) in [7, 11) is 5.37. The van der Waals surface area contributed by atoms with Crippen LogP contribution in [0.15, 0.2) is 0 Å². The lowest BCUT2D eigenvalue weighted by atomic mass is 9.99. The van der Waals surface area contributed by atoms with E-state index in [0.29, 0.717) is 6.54 Å². The second-order valence-electron chi connectivity index (χ2n) is 5.33. The number of piperazine rings is 1. The van der Waals surface area contributed by atoms with Gasteiger partial charge in [0, 0.05) is 31.7 Å². The number of nitrogens with one attached hydrogen (secondary N) is 1. The molecular formula is C12H25N3O2. The molecule has 17 heavy (non-hydrogen) atoms. The van der Waals surface area contributed by atoms with Crippen molar-refractivity contribution in [2.45, 2.75) is 25.4 Å². The fourth-order valence-electron chi connectivity index (χ4n) is 2.18. The van der Waals surface area contributed by atoms with Crippen molar-refractivity contribution < 1.29 is 9.53 Å². The molecule has 1 fully saturated rings. The van der Waals surface area contributed by atoms with E-state index in [9.17, 15) is 4.79 Å². The first-order valence-electron chi connectivity index (χ1n) is 6.09. The number of methoxy groups -OCH3 is 1. The van der Waals surface area contributed by atoms with Gasteiger partial charge in [-0.1, -0.05) is 0 Å². The smallest absolute Gasteiger partial charge is 0.324 e. The van der Waals surface area contributed by atoms with Gasteiger partial charge >= 0.3 is 5.97 Å². The molecule has 0 aromatic heterocycles. The van der Waals surface area contributed by atoms with Crippen molar-refractivity contribution in [2.24, 2.45) is 0 Å². The third-order valence-corrected chi connectivity index (χ3v) is 3.67. The van der Waals surface area contributed by atoms with Crippen molar-refractivity contribution in [2.75, 3.05) is 47.4 Å². The van der Waals surface area contributed by atoms with Crippen LogP contribution >= 0.6 is 0 Å². The molecular weight excluding hydrogens is 218 g/mol. The van der Waals surface area contributed by atoms with Crippen LogP contribution in [-0.2, 0) is 9.53 Å². The van der Waals surface area contributed by atoms with Gasteiger partial charge in [-0.05, 0) is 27.9 Å². The average molecular weight is 243 g/mol. The van der Waals surface area contributed by atoms with Gasteiger partial charge in [-0.25, -0.2) is 0 Å². The molecule has 0 aromatic rings. The van der Waals surface area contributed by atoms with Gasteiger partial charge in [0.15, 0.2) is 0 Å². The van der Waals surface area contributed by atoms with Crippen molar-refractivity contribution in [1.29, 1.82) is 0 Å². The van der Waals surface area contributed by atoms with E-state index in [1.807, 2.05) is 0 Å². The molecule has 0 saturated carbocycles. The summed E-state index contributed by atoms with van der Waals surface area (Å²) in [6.07, 6.45) is 0. The zero-order valence-corrected chi connectivity index (χ0v) is 11.6. The first-order chi connectivity index (χ1) is 7.90. The average Bonchev–Trinajstić information content (AvgIpc) is 2.29. The quantitative estimate of drug-likeness (QED) is 0.691. The maximum Gasteiger partial charge on any atom is 0.324 e. The van der Waals surface area contributed by atoms with Crippen LogP contribution in [0.4, 0.5) is 0 Å². The van der Waals surface area contributed by atoms with Crippen molar-refractivity contribution in [3.8, 4) is 0 Å². The predicted molar refractivity (Wildman–Crippen MR) is 68.0 cm³/mol. The molecule has 0 radical (unpaired) electrons. The minimum absolute atomic E-state index is 0.159. The molecule has 1 aliphatic rings. The van der Waals surface area contributed by atoms with Gasteiger partial charge in [0.05, 0.1) is 7.11 Å². The lowest BCUT2D eigenvalue weighted by Gasteiger charge is -2.45. The number of carbonyl (C=O) groups excluding carboxylic acids is 1. The third kappa shape index (κ3) is 3.66. The monoisotopic (exact) mass is 243 g/mol. The third-order valence-electron chi connectivity index (χ3n) is 3.67. The van der Waals surface area contributed by atoms with E-state index in [4.69, 9.17) is 4.74 Å². The Morgan fingerprint density at radius 3 is 2.59 bits per heavy atom. The van der Waals surface area contributed by atoms with Gasteiger partial charge in [0.1, 0.15) is 6.04 Å². The fourth-order valence-corrected chi connectivity index (χ4v) is 2.18. The molecule has 1 atom stereocenters. The highest BCUT2D eigenvalue weighted by Crippen LogP contribution is 2.18. The Morgan fingerprint density at radius 1 is 1.47 bits per heavy atom. The van der Waals surface area contributed by atoms with Gasteiger partial charge in [0.25, 0.3) is 0 Å². The summed E-state index contributed by atoms with van der Waals surface area (Å²) in [6.45, 7) is 8.16. The molecule has 1 rings (SSSR count). The molecule has 5 nitrogen and oxygen atoms in total. The van der Waals surface area contributed by atoms with E-state index in [-0.39, 0.29) is 17.6 Å². The van der Waals surface area contributed by atoms with Gasteiger partial charge in [-0.2, -0.15) is 0 Å². The van der Waals surface area contributed by atoms with Gasteiger partial charge < -0.3 is 10.1 Å². The Bertz CT molecular complexity index is 268. The zero-order valence-electron chi connectivity index (χ0n) is 11.6. The Labute approximate surface area is 104 Å². The molecule has 0 aromatic carbocycles. The van der Waals surface area contributed by atoms with Crippen LogP contribution in [0.25, 0.3) is 0 Å². The molecule has 1 saturated heterocycles. The van der Waals surface area contributed by atoms with E-state index < -0.39 is 0 Å². The van der Waals surface area contributed by atoms with E-state index in [1.165, 1.54) is 7.11 Å². The van der Waals surface area contributed by atoms with E-state index in [0.717, 1.165) is 19.6 Å². The second kappa shape index (κ2) is 5.80. The molecule has 5 heteroatoms. The van der Waals surface area contributed by atoms with Crippen molar-refractivity contribution >= 4 is 5.97 Å². The lowest BCUT2D eigenvalue weighted by Crippen LogP contribution is -2.60. The minimum atomic E-state index is -0.237. The second-order valence-corrected chi connectivity index (χ2v) is 5.33. The number of nitrogens with zero attached hydrogens (tertiary/aromatic N) is 2. The number of hydrogen-bond donors (Lipinski definition) is 1. The SMILES string of the molecule is CNC(CN1CCN(C)C(C)(C)C1)C(=O)OC. The van der Waals surface area contributed by atoms with E-state index in [1.54, 1.807) is 7.05 Å². The topological polar surface area (TPSA) is 44.8 Å². The number of esters is 1. The summed E-state index contributed by atoms with van der Waals surface area (Å²) in [4.78, 5) is 16.2. The Morgan fingerprint density at radius 2 is 2.12 bits per heavy atom. The maximum absolute atomic E-state index is 11.5. The van der Waals surface area contributed by atoms with Crippen LogP contribution in [0.2, 0.25) is 0 Å². The molecule has 1 unspecified atom stereocenters. The first kappa shape index (κ1) is 14.4. The Balaban J connectivity index is 2.54. The summed E-state index contributed by atoms with van der Waals surface area (Å²) in [5.41, 5.74) is 0.159. The molecule has 100 valence electrons. The van der Waals surface area contributed by atoms with Crippen LogP contribution in [0, 0.1) is 0 Å². The number of carbonyl (C=O) groups is 1. The molecule has 0 aliphatic carbocycles. The lowest BCUT2D eigenvalue weighted by molar-refractivity contribution is -0.143. The number of ether oxygens (including phenoxy) is 1. The highest BCUT2D eigenvalue weighted by atomic mass is 16.5. The predicted octanol–water partition coefficient (Wildman–Crippen LogP) is -0.227. The first-order valence-corrected chi connectivity index (χ1v) is 6.09. The molecule has 0 spiro atoms. The summed E-state index contributed by atoms with van der Waals surface area (Å²) in [5, 5.41) is 3.01. The van der Waals surface area contributed by atoms with Crippen molar-refractivity contribution in [3.63, 3.8) is 0 Å². The Hall–Kier alpha value is -0.650. The Kier molecular flexibility index (Phi) is 4.91. The van der Waals surface area contributed by atoms with Crippen LogP contribution in [0.3, 0.4) is 0 Å². The fraction of sp³-hybridized carbons (Fsp3) is 0.917. The van der Waals surface area contributed by atoms with Gasteiger partial charge in [-0.3, -0.25) is 14.6 Å². The van der Waals surface area contributed by atoms with Crippen LogP contribution in [0.5, 0.6) is 0 Å². The standard InChI is InChI=1S/C12H25N3O2/c1-12(2)9-15(7-6-14(12)4)8-10(13-3)11(16)17-5/h10,13H,6-9H2,1-5H3. The molecule has 0 bridgehead atoms. The summed E-state index contributed by atoms with van der Waals surface area (Å²) >= 11 is 0. The molecule has 0 amide bonds. The van der Waals surface area contributed by atoms with E-state index >= 15 is 0 Å². The summed E-state index contributed by atoms with van der Waals surface area (Å²) in [6, 6.07) is -0.237. The summed E-state index contributed by atoms with van der Waals surface area (Å²) < 4.78 is 4.78. The van der Waals surface area contributed by atoms with Gasteiger partial charge in [0.2, 0.25) is 0 Å². The van der Waals surface area contributed by atoms with Gasteiger partial charge in [-0.15, -0.1) is 0 Å². The van der Waals surface area contributed by atoms with Crippen LogP contribution < -0.4 is 5.32 Å². The number of hydrogen-bond acceptors (Lipinski definition) is 5. The van der Waals surface area contributed by atoms with Crippen LogP contribution in [0.1, 0.15) is 13.8 Å². The summed E-state index contributed by atoms with van der Waals surface area (Å²) in [5.74, 6) is -0.191. The van der Waals surface area contributed by atoms with Crippen molar-refractivity contribution in [1.82, 2.24) is 15.1 Å².